The molecule has 0 heterocycles. The number of anilines is 1. The molecule has 0 unspecified atom stereocenters. The molecule has 0 aliphatic carbocycles. The van der Waals surface area contributed by atoms with Crippen molar-refractivity contribution in [2.75, 3.05) is 11.9 Å². The zero-order valence-corrected chi connectivity index (χ0v) is 10.4. The van der Waals surface area contributed by atoms with Crippen LogP contribution in [-0.2, 0) is 4.74 Å². The number of hydrogen-bond acceptors (Lipinski definition) is 3. The summed E-state index contributed by atoms with van der Waals surface area (Å²) in [7, 11) is 0. The number of carboxylic acids is 1. The smallest absolute Gasteiger partial charge is 0.411 e. The van der Waals surface area contributed by atoms with Crippen LogP contribution < -0.4 is 5.32 Å². The van der Waals surface area contributed by atoms with Crippen LogP contribution in [0.3, 0.4) is 0 Å². The van der Waals surface area contributed by atoms with Gasteiger partial charge in [-0.15, -0.1) is 0 Å². The van der Waals surface area contributed by atoms with E-state index in [9.17, 15) is 9.59 Å². The van der Waals surface area contributed by atoms with Crippen LogP contribution in [0.2, 0.25) is 0 Å². The summed E-state index contributed by atoms with van der Waals surface area (Å²) in [4.78, 5) is 21.9. The highest BCUT2D eigenvalue weighted by Crippen LogP contribution is 2.21. The average molecular weight is 300 g/mol. The zero-order valence-electron chi connectivity index (χ0n) is 8.77. The van der Waals surface area contributed by atoms with Crippen LogP contribution in [0.15, 0.2) is 35.3 Å². The van der Waals surface area contributed by atoms with Gasteiger partial charge in [-0.1, -0.05) is 12.7 Å². The lowest BCUT2D eigenvalue weighted by Crippen LogP contribution is -2.13. The number of carbonyl (C=O) groups excluding carboxylic acids is 1. The van der Waals surface area contributed by atoms with E-state index in [0.29, 0.717) is 10.2 Å². The fourth-order valence-electron chi connectivity index (χ4n) is 1.05. The van der Waals surface area contributed by atoms with Crippen LogP contribution in [0.1, 0.15) is 10.4 Å². The Hall–Kier alpha value is -1.82. The monoisotopic (exact) mass is 299 g/mol. The van der Waals surface area contributed by atoms with Gasteiger partial charge < -0.3 is 9.84 Å². The first-order valence-electron chi connectivity index (χ1n) is 4.62. The van der Waals surface area contributed by atoms with Crippen molar-refractivity contribution in [3.05, 3.63) is 40.9 Å². The van der Waals surface area contributed by atoms with E-state index in [-0.39, 0.29) is 12.2 Å². The van der Waals surface area contributed by atoms with E-state index >= 15 is 0 Å². The first-order valence-corrected chi connectivity index (χ1v) is 5.41. The van der Waals surface area contributed by atoms with Crippen molar-refractivity contribution in [1.82, 2.24) is 0 Å². The summed E-state index contributed by atoms with van der Waals surface area (Å²) >= 11 is 3.10. The Morgan fingerprint density at radius 3 is 2.76 bits per heavy atom. The van der Waals surface area contributed by atoms with Gasteiger partial charge >= 0.3 is 12.1 Å². The third-order valence-corrected chi connectivity index (χ3v) is 2.43. The van der Waals surface area contributed by atoms with Crippen molar-refractivity contribution >= 4 is 33.7 Å². The van der Waals surface area contributed by atoms with E-state index in [1.165, 1.54) is 24.3 Å². The number of carbonyl (C=O) groups is 2. The first kappa shape index (κ1) is 13.2. The highest BCUT2D eigenvalue weighted by atomic mass is 79.9. The van der Waals surface area contributed by atoms with Gasteiger partial charge in [0.25, 0.3) is 0 Å². The van der Waals surface area contributed by atoms with Gasteiger partial charge in [0.2, 0.25) is 0 Å². The fourth-order valence-corrected chi connectivity index (χ4v) is 1.60. The molecule has 0 saturated heterocycles. The minimum Gasteiger partial charge on any atom is -0.478 e. The number of ether oxygens (including phenoxy) is 1. The predicted octanol–water partition coefficient (Wildman–Crippen LogP) is 2.88. The summed E-state index contributed by atoms with van der Waals surface area (Å²) in [6, 6.07) is 4.34. The molecule has 1 amide bonds. The molecule has 0 atom stereocenters. The van der Waals surface area contributed by atoms with Gasteiger partial charge in [-0.25, -0.2) is 9.59 Å². The molecule has 0 aliphatic heterocycles. The summed E-state index contributed by atoms with van der Waals surface area (Å²) in [6.07, 6.45) is 0.822. The lowest BCUT2D eigenvalue weighted by atomic mass is 10.2. The molecule has 17 heavy (non-hydrogen) atoms. The maximum Gasteiger partial charge on any atom is 0.411 e. The third kappa shape index (κ3) is 3.92. The first-order chi connectivity index (χ1) is 8.04. The Balaban J connectivity index is 2.74. The number of halogens is 1. The van der Waals surface area contributed by atoms with E-state index in [4.69, 9.17) is 9.84 Å². The minimum absolute atomic E-state index is 0.111. The van der Waals surface area contributed by atoms with Gasteiger partial charge in [-0.05, 0) is 34.1 Å². The van der Waals surface area contributed by atoms with E-state index in [2.05, 4.69) is 27.8 Å². The quantitative estimate of drug-likeness (QED) is 0.838. The van der Waals surface area contributed by atoms with Crippen LogP contribution in [0, 0.1) is 0 Å². The highest BCUT2D eigenvalue weighted by molar-refractivity contribution is 9.10. The number of aromatic carboxylic acids is 1. The SMILES string of the molecule is C=CCOC(=O)Nc1ccc(C(=O)O)c(Br)c1. The van der Waals surface area contributed by atoms with E-state index < -0.39 is 12.1 Å². The summed E-state index contributed by atoms with van der Waals surface area (Å²) in [5, 5.41) is 11.3. The van der Waals surface area contributed by atoms with Crippen molar-refractivity contribution in [1.29, 1.82) is 0 Å². The van der Waals surface area contributed by atoms with Crippen LogP contribution in [0.4, 0.5) is 10.5 Å². The molecule has 2 N–H and O–H groups in total. The molecule has 0 aromatic heterocycles. The Labute approximate surface area is 106 Å². The molecule has 1 aromatic carbocycles. The Bertz CT molecular complexity index is 459. The minimum atomic E-state index is -1.04. The molecule has 1 aromatic rings. The second-order valence-electron chi connectivity index (χ2n) is 3.01. The van der Waals surface area contributed by atoms with Crippen LogP contribution in [-0.4, -0.2) is 23.8 Å². The molecule has 1 rings (SSSR count). The summed E-state index contributed by atoms with van der Waals surface area (Å²) in [5.41, 5.74) is 0.561. The zero-order chi connectivity index (χ0) is 12.8. The molecule has 5 nitrogen and oxygen atoms in total. The Morgan fingerprint density at radius 1 is 1.53 bits per heavy atom. The van der Waals surface area contributed by atoms with Gasteiger partial charge in [0.1, 0.15) is 6.61 Å². The lowest BCUT2D eigenvalue weighted by molar-refractivity contribution is 0.0696. The topological polar surface area (TPSA) is 75.6 Å². The molecule has 0 fully saturated rings. The molecule has 0 spiro atoms. The standard InChI is InChI=1S/C11H10BrNO4/c1-2-5-17-11(16)13-7-3-4-8(10(14)15)9(12)6-7/h2-4,6H,1,5H2,(H,13,16)(H,14,15). The molecule has 90 valence electrons. The molecule has 0 bridgehead atoms. The molecule has 0 saturated carbocycles. The number of carboxylic acid groups (broad SMARTS) is 1. The number of nitrogens with one attached hydrogen (secondary N) is 1. The Kier molecular flexibility index (Phi) is 4.71. The van der Waals surface area contributed by atoms with Gasteiger partial charge in [-0.2, -0.15) is 0 Å². The molecule has 0 aliphatic rings. The van der Waals surface area contributed by atoms with Crippen LogP contribution in [0.5, 0.6) is 0 Å². The van der Waals surface area contributed by atoms with Gasteiger partial charge in [0.05, 0.1) is 5.56 Å². The second kappa shape index (κ2) is 6.05. The molecular weight excluding hydrogens is 290 g/mol. The second-order valence-corrected chi connectivity index (χ2v) is 3.87. The number of amides is 1. The van der Waals surface area contributed by atoms with Crippen molar-refractivity contribution < 1.29 is 19.4 Å². The maximum atomic E-state index is 11.2. The van der Waals surface area contributed by atoms with E-state index in [1.807, 2.05) is 0 Å². The molecule has 0 radical (unpaired) electrons. The van der Waals surface area contributed by atoms with Crippen molar-refractivity contribution in [2.45, 2.75) is 0 Å². The lowest BCUT2D eigenvalue weighted by Gasteiger charge is -2.06. The molecule has 6 heteroatoms. The number of benzene rings is 1. The van der Waals surface area contributed by atoms with Crippen molar-refractivity contribution in [3.63, 3.8) is 0 Å². The van der Waals surface area contributed by atoms with Crippen molar-refractivity contribution in [2.24, 2.45) is 0 Å². The van der Waals surface area contributed by atoms with Gasteiger partial charge in [-0.3, -0.25) is 5.32 Å². The molecular formula is C11H10BrNO4. The van der Waals surface area contributed by atoms with E-state index in [1.54, 1.807) is 0 Å². The highest BCUT2D eigenvalue weighted by Gasteiger charge is 2.09. The van der Waals surface area contributed by atoms with Crippen LogP contribution in [0.25, 0.3) is 0 Å². The van der Waals surface area contributed by atoms with Crippen molar-refractivity contribution in [3.8, 4) is 0 Å². The summed E-state index contributed by atoms with van der Waals surface area (Å²) < 4.78 is 5.09. The number of hydrogen-bond donors (Lipinski definition) is 2. The van der Waals surface area contributed by atoms with E-state index in [0.717, 1.165) is 0 Å². The normalized spacial score (nSPS) is 9.47. The largest absolute Gasteiger partial charge is 0.478 e. The average Bonchev–Trinajstić information content (AvgIpc) is 2.26. The predicted molar refractivity (Wildman–Crippen MR) is 66.3 cm³/mol. The van der Waals surface area contributed by atoms with Gasteiger partial charge in [0.15, 0.2) is 0 Å². The Morgan fingerprint density at radius 2 is 2.24 bits per heavy atom. The summed E-state index contributed by atoms with van der Waals surface area (Å²) in [6.45, 7) is 3.52. The number of rotatable bonds is 4. The van der Waals surface area contributed by atoms with Crippen LogP contribution >= 0.6 is 15.9 Å². The summed E-state index contributed by atoms with van der Waals surface area (Å²) in [5.74, 6) is -1.04. The third-order valence-electron chi connectivity index (χ3n) is 1.78. The fraction of sp³-hybridized carbons (Fsp3) is 0.0909. The maximum absolute atomic E-state index is 11.2. The van der Waals surface area contributed by atoms with Gasteiger partial charge in [0, 0.05) is 10.2 Å².